The molecule has 3 rings (SSSR count). The molecule has 0 saturated heterocycles. The van der Waals surface area contributed by atoms with Crippen molar-refractivity contribution in [3.05, 3.63) is 47.0 Å². The van der Waals surface area contributed by atoms with Crippen molar-refractivity contribution in [2.45, 2.75) is 40.3 Å². The Morgan fingerprint density at radius 2 is 2.04 bits per heavy atom. The van der Waals surface area contributed by atoms with Crippen molar-refractivity contribution in [3.8, 4) is 0 Å². The van der Waals surface area contributed by atoms with Crippen LogP contribution < -0.4 is 5.32 Å². The Kier molecular flexibility index (Phi) is 4.48. The molecule has 2 aromatic heterocycles. The third kappa shape index (κ3) is 3.62. The van der Waals surface area contributed by atoms with Crippen LogP contribution in [-0.4, -0.2) is 19.7 Å². The van der Waals surface area contributed by atoms with Gasteiger partial charge in [-0.1, -0.05) is 19.9 Å². The van der Waals surface area contributed by atoms with Gasteiger partial charge >= 0.3 is 0 Å². The molecule has 0 bridgehead atoms. The summed E-state index contributed by atoms with van der Waals surface area (Å²) in [6.07, 6.45) is 1.02. The van der Waals surface area contributed by atoms with E-state index in [0.717, 1.165) is 42.2 Å². The van der Waals surface area contributed by atoms with Gasteiger partial charge in [0.15, 0.2) is 0 Å². The Balaban J connectivity index is 1.59. The maximum absolute atomic E-state index is 4.59. The molecule has 0 aliphatic heterocycles. The zero-order valence-corrected chi connectivity index (χ0v) is 14.3. The van der Waals surface area contributed by atoms with Gasteiger partial charge in [0, 0.05) is 25.8 Å². The van der Waals surface area contributed by atoms with Gasteiger partial charge in [0.1, 0.15) is 5.82 Å². The van der Waals surface area contributed by atoms with Crippen LogP contribution in [0.1, 0.15) is 36.6 Å². The first-order valence-electron chi connectivity index (χ1n) is 8.18. The lowest BCUT2D eigenvalue weighted by atomic mass is 10.1. The summed E-state index contributed by atoms with van der Waals surface area (Å²) in [7, 11) is 2.05. The molecule has 3 aromatic rings. The van der Waals surface area contributed by atoms with Crippen molar-refractivity contribution in [3.63, 3.8) is 0 Å². The van der Waals surface area contributed by atoms with Crippen LogP contribution in [0.25, 0.3) is 11.0 Å². The van der Waals surface area contributed by atoms with Crippen molar-refractivity contribution >= 4 is 11.0 Å². The summed E-state index contributed by atoms with van der Waals surface area (Å²) in [5.41, 5.74) is 5.76. The Bertz CT molecular complexity index is 797. The van der Waals surface area contributed by atoms with E-state index in [4.69, 9.17) is 0 Å². The summed E-state index contributed by atoms with van der Waals surface area (Å²) in [5.74, 6) is 1.67. The van der Waals surface area contributed by atoms with Gasteiger partial charge in [0.2, 0.25) is 0 Å². The minimum atomic E-state index is 0.632. The van der Waals surface area contributed by atoms with Crippen LogP contribution in [0.2, 0.25) is 0 Å². The van der Waals surface area contributed by atoms with Gasteiger partial charge in [0.25, 0.3) is 0 Å². The molecule has 0 saturated carbocycles. The standard InChI is InChI=1S/C18H25N5/c1-12(2)7-15-9-16(22-21-15)11-19-10-14-5-6-18-17(8-14)20-13(3)23(18)4/h5-6,8-9,12,19H,7,10-11H2,1-4H3,(H,21,22). The van der Waals surface area contributed by atoms with Crippen LogP contribution in [0.4, 0.5) is 0 Å². The van der Waals surface area contributed by atoms with Gasteiger partial charge < -0.3 is 9.88 Å². The molecule has 5 heteroatoms. The molecule has 0 aliphatic rings. The summed E-state index contributed by atoms with van der Waals surface area (Å²) in [6.45, 7) is 8.07. The minimum absolute atomic E-state index is 0.632. The molecule has 2 heterocycles. The number of hydrogen-bond donors (Lipinski definition) is 2. The van der Waals surface area contributed by atoms with E-state index in [2.05, 4.69) is 70.2 Å². The molecule has 0 radical (unpaired) electrons. The highest BCUT2D eigenvalue weighted by molar-refractivity contribution is 5.76. The summed E-state index contributed by atoms with van der Waals surface area (Å²) in [4.78, 5) is 4.59. The fourth-order valence-electron chi connectivity index (χ4n) is 2.84. The Labute approximate surface area is 137 Å². The fraction of sp³-hybridized carbons (Fsp3) is 0.444. The number of imidazole rings is 1. The Morgan fingerprint density at radius 1 is 1.22 bits per heavy atom. The van der Waals surface area contributed by atoms with E-state index in [-0.39, 0.29) is 0 Å². The second-order valence-corrected chi connectivity index (χ2v) is 6.63. The number of nitrogens with one attached hydrogen (secondary N) is 2. The zero-order chi connectivity index (χ0) is 16.4. The quantitative estimate of drug-likeness (QED) is 0.735. The number of nitrogens with zero attached hydrogens (tertiary/aromatic N) is 3. The Hall–Kier alpha value is -2.14. The maximum Gasteiger partial charge on any atom is 0.106 e. The predicted octanol–water partition coefficient (Wildman–Crippen LogP) is 3.09. The molecule has 0 aliphatic carbocycles. The molecule has 0 fully saturated rings. The van der Waals surface area contributed by atoms with E-state index in [1.54, 1.807) is 0 Å². The fourth-order valence-corrected chi connectivity index (χ4v) is 2.84. The third-order valence-corrected chi connectivity index (χ3v) is 4.11. The summed E-state index contributed by atoms with van der Waals surface area (Å²) < 4.78 is 2.12. The van der Waals surface area contributed by atoms with Gasteiger partial charge in [-0.25, -0.2) is 4.98 Å². The van der Waals surface area contributed by atoms with Crippen molar-refractivity contribution in [1.29, 1.82) is 0 Å². The number of aryl methyl sites for hydroxylation is 2. The topological polar surface area (TPSA) is 58.5 Å². The molecule has 122 valence electrons. The zero-order valence-electron chi connectivity index (χ0n) is 14.3. The number of H-pyrrole nitrogens is 1. The first-order chi connectivity index (χ1) is 11.0. The highest BCUT2D eigenvalue weighted by atomic mass is 15.1. The van der Waals surface area contributed by atoms with Crippen LogP contribution in [-0.2, 0) is 26.6 Å². The van der Waals surface area contributed by atoms with Crippen LogP contribution in [0, 0.1) is 12.8 Å². The van der Waals surface area contributed by atoms with E-state index in [9.17, 15) is 0 Å². The van der Waals surface area contributed by atoms with E-state index in [1.807, 2.05) is 6.92 Å². The number of benzene rings is 1. The normalized spacial score (nSPS) is 11.7. The highest BCUT2D eigenvalue weighted by Gasteiger charge is 2.06. The molecule has 0 amide bonds. The van der Waals surface area contributed by atoms with Gasteiger partial charge in [-0.15, -0.1) is 0 Å². The molecule has 5 nitrogen and oxygen atoms in total. The molecule has 1 aromatic carbocycles. The van der Waals surface area contributed by atoms with Gasteiger partial charge in [0.05, 0.1) is 16.7 Å². The first kappa shape index (κ1) is 15.7. The molecular weight excluding hydrogens is 286 g/mol. The first-order valence-corrected chi connectivity index (χ1v) is 8.18. The van der Waals surface area contributed by atoms with E-state index < -0.39 is 0 Å². The lowest BCUT2D eigenvalue weighted by molar-refractivity contribution is 0.633. The smallest absolute Gasteiger partial charge is 0.106 e. The molecule has 0 unspecified atom stereocenters. The lowest BCUT2D eigenvalue weighted by Crippen LogP contribution is -2.12. The van der Waals surface area contributed by atoms with Gasteiger partial charge in [-0.3, -0.25) is 5.10 Å². The third-order valence-electron chi connectivity index (χ3n) is 4.11. The average molecular weight is 311 g/mol. The van der Waals surface area contributed by atoms with Crippen LogP contribution >= 0.6 is 0 Å². The van der Waals surface area contributed by atoms with Crippen LogP contribution in [0.5, 0.6) is 0 Å². The number of aromatic amines is 1. The molecule has 0 atom stereocenters. The number of fused-ring (bicyclic) bond motifs is 1. The number of hydrogen-bond acceptors (Lipinski definition) is 3. The van der Waals surface area contributed by atoms with Crippen molar-refractivity contribution < 1.29 is 0 Å². The molecule has 23 heavy (non-hydrogen) atoms. The summed E-state index contributed by atoms with van der Waals surface area (Å²) in [5, 5.41) is 10.9. The summed E-state index contributed by atoms with van der Waals surface area (Å²) in [6, 6.07) is 8.61. The molecule has 2 N–H and O–H groups in total. The minimum Gasteiger partial charge on any atom is -0.331 e. The number of aromatic nitrogens is 4. The van der Waals surface area contributed by atoms with Crippen LogP contribution in [0.3, 0.4) is 0 Å². The maximum atomic E-state index is 4.59. The van der Waals surface area contributed by atoms with E-state index in [0.29, 0.717) is 5.92 Å². The monoisotopic (exact) mass is 311 g/mol. The Morgan fingerprint density at radius 3 is 2.83 bits per heavy atom. The largest absolute Gasteiger partial charge is 0.331 e. The number of rotatable bonds is 6. The predicted molar refractivity (Wildman–Crippen MR) is 93.1 cm³/mol. The highest BCUT2D eigenvalue weighted by Crippen LogP contribution is 2.16. The van der Waals surface area contributed by atoms with Gasteiger partial charge in [-0.2, -0.15) is 5.10 Å². The van der Waals surface area contributed by atoms with Crippen LogP contribution in [0.15, 0.2) is 24.3 Å². The average Bonchev–Trinajstić information content (AvgIpc) is 3.04. The van der Waals surface area contributed by atoms with E-state index in [1.165, 1.54) is 11.1 Å². The van der Waals surface area contributed by atoms with Crippen molar-refractivity contribution in [2.24, 2.45) is 13.0 Å². The van der Waals surface area contributed by atoms with E-state index >= 15 is 0 Å². The second kappa shape index (κ2) is 6.54. The lowest BCUT2D eigenvalue weighted by Gasteiger charge is -2.04. The second-order valence-electron chi connectivity index (χ2n) is 6.63. The van der Waals surface area contributed by atoms with Gasteiger partial charge in [-0.05, 0) is 43.0 Å². The molecule has 0 spiro atoms. The van der Waals surface area contributed by atoms with Crippen molar-refractivity contribution in [2.75, 3.05) is 0 Å². The van der Waals surface area contributed by atoms with Crippen molar-refractivity contribution in [1.82, 2.24) is 25.1 Å². The molecular formula is C18H25N5. The summed E-state index contributed by atoms with van der Waals surface area (Å²) >= 11 is 0. The SMILES string of the molecule is Cc1nc2cc(CNCc3cc(CC(C)C)n[nH]3)ccc2n1C.